The predicted molar refractivity (Wildman–Crippen MR) is 154 cm³/mol. The number of aromatic nitrogens is 1. The number of phenols is 3. The third kappa shape index (κ3) is 5.92. The Morgan fingerprint density at radius 1 is 1.05 bits per heavy atom. The molecule has 1 aromatic heterocycles. The summed E-state index contributed by atoms with van der Waals surface area (Å²) < 4.78 is 12.3. The van der Waals surface area contributed by atoms with Gasteiger partial charge in [0.05, 0.1) is 32.0 Å². The molecule has 8 heteroatoms. The fourth-order valence-electron chi connectivity index (χ4n) is 6.80. The summed E-state index contributed by atoms with van der Waals surface area (Å²) in [6.45, 7) is 3.85. The van der Waals surface area contributed by atoms with Gasteiger partial charge in [-0.25, -0.2) is 0 Å². The molecule has 41 heavy (non-hydrogen) atoms. The summed E-state index contributed by atoms with van der Waals surface area (Å²) in [4.78, 5) is 4.14. The van der Waals surface area contributed by atoms with Crippen LogP contribution in [-0.2, 0) is 24.2 Å². The van der Waals surface area contributed by atoms with Crippen LogP contribution in [0.4, 0.5) is 0 Å². The van der Waals surface area contributed by atoms with Crippen molar-refractivity contribution in [2.75, 3.05) is 7.11 Å². The Kier molecular flexibility index (Phi) is 8.82. The van der Waals surface area contributed by atoms with Gasteiger partial charge in [0.15, 0.2) is 11.5 Å². The Bertz CT molecular complexity index is 1340. The van der Waals surface area contributed by atoms with Crippen molar-refractivity contribution < 1.29 is 35.0 Å². The molecule has 1 aliphatic heterocycles. The quantitative estimate of drug-likeness (QED) is 0.224. The Balaban J connectivity index is 1.46. The molecule has 5 N–H and O–H groups in total. The largest absolute Gasteiger partial charge is 0.670 e. The number of aliphatic hydroxyl groups excluding tert-OH is 2. The minimum atomic E-state index is -0.622. The summed E-state index contributed by atoms with van der Waals surface area (Å²) in [6.07, 6.45) is 6.85. The number of methoxy groups -OCH3 is 1. The molecule has 2 aliphatic rings. The maximum absolute atomic E-state index is 11.3. The van der Waals surface area contributed by atoms with Crippen molar-refractivity contribution in [3.8, 4) is 23.0 Å². The van der Waals surface area contributed by atoms with Gasteiger partial charge >= 0.3 is 0 Å². The Morgan fingerprint density at radius 3 is 2.54 bits per heavy atom. The first-order valence-electron chi connectivity index (χ1n) is 14.7. The van der Waals surface area contributed by atoms with Crippen LogP contribution in [0.2, 0.25) is 0 Å². The molecule has 1 saturated heterocycles. The molecule has 0 spiro atoms. The fraction of sp³-hybridized carbons (Fsp3) is 0.515. The van der Waals surface area contributed by atoms with E-state index in [9.17, 15) is 25.5 Å². The van der Waals surface area contributed by atoms with Crippen molar-refractivity contribution in [2.45, 2.75) is 89.6 Å². The number of phenolic OH excluding ortho intramolecular Hbond substituents is 2. The van der Waals surface area contributed by atoms with Gasteiger partial charge in [-0.2, -0.15) is 12.4 Å². The van der Waals surface area contributed by atoms with E-state index >= 15 is 0 Å². The zero-order chi connectivity index (χ0) is 29.3. The van der Waals surface area contributed by atoms with E-state index in [1.165, 1.54) is 12.7 Å². The van der Waals surface area contributed by atoms with Crippen molar-refractivity contribution in [3.05, 3.63) is 70.0 Å². The Hall–Kier alpha value is -3.20. The highest BCUT2D eigenvalue weighted by Crippen LogP contribution is 2.52. The van der Waals surface area contributed by atoms with Crippen LogP contribution in [0.25, 0.3) is 0 Å². The number of aliphatic hydroxyl groups is 2. The zero-order valence-electron chi connectivity index (χ0n) is 24.1. The van der Waals surface area contributed by atoms with E-state index in [4.69, 9.17) is 9.47 Å². The highest BCUT2D eigenvalue weighted by atomic mass is 16.5. The number of aromatic hydroxyl groups is 3. The van der Waals surface area contributed by atoms with Crippen molar-refractivity contribution in [3.63, 3.8) is 0 Å². The van der Waals surface area contributed by atoms with Gasteiger partial charge in [-0.1, -0.05) is 37.6 Å². The van der Waals surface area contributed by atoms with Gasteiger partial charge in [-0.15, -0.1) is 0 Å². The van der Waals surface area contributed by atoms with Crippen LogP contribution >= 0.6 is 0 Å². The SMILES string of the molecule is COc1c(O)c(O)c(CO)c([C@@H]2C[C@H](O)[C@H]3CC[C@@H](c4ccc(O)c(CCC(C)C)c4)C[C@@H]3O2)c1Cc1cc[n-]c1. The molecule has 0 unspecified atom stereocenters. The average Bonchev–Trinajstić information content (AvgIpc) is 3.47. The molecule has 0 bridgehead atoms. The second-order valence-corrected chi connectivity index (χ2v) is 12.1. The van der Waals surface area contributed by atoms with E-state index in [-0.39, 0.29) is 29.3 Å². The summed E-state index contributed by atoms with van der Waals surface area (Å²) in [7, 11) is 1.43. The highest BCUT2D eigenvalue weighted by molar-refractivity contribution is 5.64. The lowest BCUT2D eigenvalue weighted by atomic mass is 9.71. The van der Waals surface area contributed by atoms with E-state index in [2.05, 4.69) is 24.9 Å². The number of rotatable bonds is 9. The van der Waals surface area contributed by atoms with E-state index < -0.39 is 30.3 Å². The number of hydrogen-bond donors (Lipinski definition) is 5. The van der Waals surface area contributed by atoms with E-state index in [0.29, 0.717) is 42.1 Å². The molecule has 2 fully saturated rings. The maximum atomic E-state index is 11.3. The average molecular weight is 565 g/mol. The molecule has 5 atom stereocenters. The minimum absolute atomic E-state index is 0.0204. The monoisotopic (exact) mass is 564 g/mol. The number of benzene rings is 2. The van der Waals surface area contributed by atoms with Gasteiger partial charge in [0, 0.05) is 23.5 Å². The first kappa shape index (κ1) is 29.3. The van der Waals surface area contributed by atoms with Crippen LogP contribution in [0, 0.1) is 11.8 Å². The molecular formula is C33H42NO7-. The predicted octanol–water partition coefficient (Wildman–Crippen LogP) is 5.22. The topological polar surface area (TPSA) is 134 Å². The standard InChI is InChI=1S/C33H42NO7/c1-18(2)4-5-22-13-20(7-9-26(22)36)21-6-8-23-27(37)15-29(41-28(23)14-21)30-24(12-19-10-11-34-16-19)33(40-3)32(39)31(38)25(30)17-35/h7,9-11,13,16,18,21,23,27-29,35-39H,4-6,8,12,14-15,17H2,1-3H3/q-1/t21-,23-,27+,28+,29+/m1/s1. The van der Waals surface area contributed by atoms with Gasteiger partial charge in [0.25, 0.3) is 0 Å². The smallest absolute Gasteiger partial charge is 0.201 e. The summed E-state index contributed by atoms with van der Waals surface area (Å²) in [6, 6.07) is 7.77. The molecule has 0 radical (unpaired) electrons. The molecule has 1 saturated carbocycles. The van der Waals surface area contributed by atoms with Crippen molar-refractivity contribution in [1.82, 2.24) is 4.98 Å². The lowest BCUT2D eigenvalue weighted by Crippen LogP contribution is -2.44. The van der Waals surface area contributed by atoms with Crippen LogP contribution in [-0.4, -0.2) is 44.9 Å². The normalized spacial score (nSPS) is 24.4. The van der Waals surface area contributed by atoms with Gasteiger partial charge in [-0.05, 0) is 73.1 Å². The second-order valence-electron chi connectivity index (χ2n) is 12.1. The minimum Gasteiger partial charge on any atom is -0.670 e. The molecule has 3 aromatic rings. The first-order chi connectivity index (χ1) is 19.7. The summed E-state index contributed by atoms with van der Waals surface area (Å²) >= 11 is 0. The molecule has 222 valence electrons. The number of aryl methyl sites for hydroxylation is 1. The van der Waals surface area contributed by atoms with E-state index in [1.807, 2.05) is 12.1 Å². The van der Waals surface area contributed by atoms with E-state index in [0.717, 1.165) is 36.8 Å². The highest BCUT2D eigenvalue weighted by Gasteiger charge is 2.44. The van der Waals surface area contributed by atoms with Crippen molar-refractivity contribution >= 4 is 0 Å². The number of hydrogen-bond acceptors (Lipinski definition) is 7. The zero-order valence-corrected chi connectivity index (χ0v) is 24.1. The lowest BCUT2D eigenvalue weighted by molar-refractivity contribution is -0.154. The summed E-state index contributed by atoms with van der Waals surface area (Å²) in [5, 5.41) is 53.7. The van der Waals surface area contributed by atoms with E-state index in [1.54, 1.807) is 18.5 Å². The Morgan fingerprint density at radius 2 is 1.85 bits per heavy atom. The van der Waals surface area contributed by atoms with Crippen molar-refractivity contribution in [1.29, 1.82) is 0 Å². The number of fused-ring (bicyclic) bond motifs is 1. The molecule has 2 aromatic carbocycles. The maximum Gasteiger partial charge on any atom is 0.201 e. The molecule has 5 rings (SSSR count). The number of ether oxygens (including phenoxy) is 2. The van der Waals surface area contributed by atoms with Gasteiger partial charge in [-0.3, -0.25) is 0 Å². The first-order valence-corrected chi connectivity index (χ1v) is 14.7. The second kappa shape index (κ2) is 12.3. The van der Waals surface area contributed by atoms with Crippen LogP contribution in [0.1, 0.15) is 91.4 Å². The van der Waals surface area contributed by atoms with Crippen LogP contribution in [0.15, 0.2) is 36.7 Å². The summed E-state index contributed by atoms with van der Waals surface area (Å²) in [5.74, 6) is 0.326. The molecule has 8 nitrogen and oxygen atoms in total. The number of nitrogens with zero attached hydrogens (tertiary/aromatic N) is 1. The van der Waals surface area contributed by atoms with Crippen LogP contribution < -0.4 is 9.72 Å². The Labute approximate surface area is 241 Å². The molecule has 0 amide bonds. The molecular weight excluding hydrogens is 522 g/mol. The summed E-state index contributed by atoms with van der Waals surface area (Å²) in [5.41, 5.74) is 4.33. The molecule has 1 aliphatic carbocycles. The van der Waals surface area contributed by atoms with Crippen molar-refractivity contribution in [2.24, 2.45) is 11.8 Å². The third-order valence-electron chi connectivity index (χ3n) is 9.03. The van der Waals surface area contributed by atoms with Crippen LogP contribution in [0.5, 0.6) is 23.0 Å². The molecule has 2 heterocycles. The lowest BCUT2D eigenvalue weighted by Gasteiger charge is -2.45. The van der Waals surface area contributed by atoms with Gasteiger partial charge in [0.2, 0.25) is 5.75 Å². The van der Waals surface area contributed by atoms with Gasteiger partial charge < -0.3 is 40.0 Å². The van der Waals surface area contributed by atoms with Crippen LogP contribution in [0.3, 0.4) is 0 Å². The third-order valence-corrected chi connectivity index (χ3v) is 9.03. The fourth-order valence-corrected chi connectivity index (χ4v) is 6.80. The van der Waals surface area contributed by atoms with Gasteiger partial charge in [0.1, 0.15) is 5.75 Å².